The molecule has 0 amide bonds. The molecule has 1 atom stereocenters. The van der Waals surface area contributed by atoms with E-state index in [2.05, 4.69) is 16.1 Å². The minimum absolute atomic E-state index is 0.0722. The van der Waals surface area contributed by atoms with Gasteiger partial charge in [0.15, 0.2) is 0 Å². The van der Waals surface area contributed by atoms with Crippen LogP contribution in [0.4, 0.5) is 0 Å². The third-order valence-electron chi connectivity index (χ3n) is 3.63. The molecule has 0 bridgehead atoms. The first-order valence-corrected chi connectivity index (χ1v) is 7.21. The summed E-state index contributed by atoms with van der Waals surface area (Å²) >= 11 is 6.30. The monoisotopic (exact) mass is 299 g/mol. The van der Waals surface area contributed by atoms with Crippen LogP contribution in [0.2, 0.25) is 5.02 Å². The normalized spacial score (nSPS) is 16.5. The van der Waals surface area contributed by atoms with Crippen molar-refractivity contribution in [2.75, 3.05) is 6.54 Å². The number of aryl methyl sites for hydroxylation is 1. The summed E-state index contributed by atoms with van der Waals surface area (Å²) in [7, 11) is 0. The summed E-state index contributed by atoms with van der Waals surface area (Å²) in [5.74, 6) is 0.856. The molecule has 0 aliphatic carbocycles. The van der Waals surface area contributed by atoms with Crippen LogP contribution in [0.1, 0.15) is 12.0 Å². The smallest absolute Gasteiger partial charge is 0.130 e. The number of rotatable bonds is 3. The number of benzene rings is 2. The lowest BCUT2D eigenvalue weighted by molar-refractivity contribution is 0.182. The third kappa shape index (κ3) is 2.82. The van der Waals surface area contributed by atoms with Gasteiger partial charge in [0.2, 0.25) is 0 Å². The zero-order chi connectivity index (χ0) is 14.7. The molecular weight excluding hydrogens is 286 g/mol. The topological polar surface area (TPSA) is 58.0 Å². The highest BCUT2D eigenvalue weighted by Crippen LogP contribution is 2.40. The van der Waals surface area contributed by atoms with Crippen molar-refractivity contribution in [3.8, 4) is 16.9 Å². The quantitative estimate of drug-likeness (QED) is 0.446. The van der Waals surface area contributed by atoms with Crippen molar-refractivity contribution < 1.29 is 4.74 Å². The third-order valence-corrected chi connectivity index (χ3v) is 3.96. The van der Waals surface area contributed by atoms with Gasteiger partial charge in [-0.2, -0.15) is 0 Å². The Morgan fingerprint density at radius 2 is 2.00 bits per heavy atom. The van der Waals surface area contributed by atoms with E-state index in [1.807, 2.05) is 36.4 Å². The van der Waals surface area contributed by atoms with E-state index in [0.717, 1.165) is 29.7 Å². The lowest BCUT2D eigenvalue weighted by Gasteiger charge is -2.27. The second-order valence-electron chi connectivity index (χ2n) is 4.97. The molecule has 0 radical (unpaired) electrons. The van der Waals surface area contributed by atoms with Gasteiger partial charge >= 0.3 is 0 Å². The van der Waals surface area contributed by atoms with E-state index in [9.17, 15) is 0 Å². The van der Waals surface area contributed by atoms with Crippen LogP contribution in [-0.4, -0.2) is 12.6 Å². The summed E-state index contributed by atoms with van der Waals surface area (Å²) in [6.07, 6.45) is 1.70. The molecule has 4 nitrogen and oxygen atoms in total. The van der Waals surface area contributed by atoms with Crippen LogP contribution in [-0.2, 0) is 6.42 Å². The van der Waals surface area contributed by atoms with Crippen molar-refractivity contribution >= 4 is 11.6 Å². The highest BCUT2D eigenvalue weighted by Gasteiger charge is 2.22. The summed E-state index contributed by atoms with van der Waals surface area (Å²) in [5, 5.41) is 4.32. The summed E-state index contributed by atoms with van der Waals surface area (Å²) in [6.45, 7) is 0.354. The van der Waals surface area contributed by atoms with Gasteiger partial charge in [-0.15, -0.1) is 0 Å². The summed E-state index contributed by atoms with van der Waals surface area (Å²) < 4.78 is 6.05. The Kier molecular flexibility index (Phi) is 4.00. The van der Waals surface area contributed by atoms with Gasteiger partial charge in [0.05, 0.1) is 6.54 Å². The van der Waals surface area contributed by atoms with E-state index in [-0.39, 0.29) is 6.10 Å². The van der Waals surface area contributed by atoms with E-state index in [4.69, 9.17) is 21.9 Å². The van der Waals surface area contributed by atoms with Crippen LogP contribution in [0.15, 0.2) is 47.6 Å². The maximum Gasteiger partial charge on any atom is 0.130 e. The van der Waals surface area contributed by atoms with E-state index in [0.29, 0.717) is 11.6 Å². The van der Waals surface area contributed by atoms with Crippen LogP contribution < -0.4 is 4.74 Å². The van der Waals surface area contributed by atoms with Crippen molar-refractivity contribution in [2.45, 2.75) is 18.9 Å². The number of ether oxygens (including phenoxy) is 1. The number of halogens is 1. The zero-order valence-corrected chi connectivity index (χ0v) is 12.1. The van der Waals surface area contributed by atoms with Crippen LogP contribution in [0.5, 0.6) is 5.75 Å². The van der Waals surface area contributed by atoms with Gasteiger partial charge in [0.25, 0.3) is 0 Å². The first-order valence-electron chi connectivity index (χ1n) is 6.84. The molecule has 5 heteroatoms. The van der Waals surface area contributed by atoms with Crippen molar-refractivity contribution in [1.82, 2.24) is 0 Å². The second kappa shape index (κ2) is 6.08. The van der Waals surface area contributed by atoms with Gasteiger partial charge in [-0.1, -0.05) is 53.1 Å². The number of fused-ring (bicyclic) bond motifs is 1. The highest BCUT2D eigenvalue weighted by molar-refractivity contribution is 6.33. The molecule has 3 rings (SSSR count). The van der Waals surface area contributed by atoms with Gasteiger partial charge < -0.3 is 4.74 Å². The average molecular weight is 300 g/mol. The fourth-order valence-electron chi connectivity index (χ4n) is 2.61. The Hall–Kier alpha value is -2.16. The number of hydrogen-bond donors (Lipinski definition) is 0. The minimum atomic E-state index is -0.0722. The SMILES string of the molecule is [N-]=[N+]=NC[C@H]1CCc2cccc(-c3ccccc3Cl)c2O1. The van der Waals surface area contributed by atoms with E-state index in [1.165, 1.54) is 5.56 Å². The summed E-state index contributed by atoms with van der Waals surface area (Å²) in [6, 6.07) is 13.8. The predicted octanol–water partition coefficient (Wildman–Crippen LogP) is 5.01. The number of nitrogens with zero attached hydrogens (tertiary/aromatic N) is 3. The lowest BCUT2D eigenvalue weighted by Crippen LogP contribution is -2.25. The van der Waals surface area contributed by atoms with Crippen LogP contribution in [0.3, 0.4) is 0 Å². The van der Waals surface area contributed by atoms with Crippen LogP contribution in [0, 0.1) is 0 Å². The molecule has 0 fully saturated rings. The first kappa shape index (κ1) is 13.8. The number of hydrogen-bond acceptors (Lipinski definition) is 2. The van der Waals surface area contributed by atoms with E-state index >= 15 is 0 Å². The molecule has 21 heavy (non-hydrogen) atoms. The fraction of sp³-hybridized carbons (Fsp3) is 0.250. The second-order valence-corrected chi connectivity index (χ2v) is 5.37. The van der Waals surface area contributed by atoms with Gasteiger partial charge in [-0.25, -0.2) is 0 Å². The Balaban J connectivity index is 2.01. The molecule has 0 saturated heterocycles. The van der Waals surface area contributed by atoms with Crippen LogP contribution in [0.25, 0.3) is 21.6 Å². The van der Waals surface area contributed by atoms with E-state index < -0.39 is 0 Å². The largest absolute Gasteiger partial charge is 0.489 e. The molecule has 0 spiro atoms. The zero-order valence-electron chi connectivity index (χ0n) is 11.4. The predicted molar refractivity (Wildman–Crippen MR) is 83.6 cm³/mol. The van der Waals surface area contributed by atoms with Crippen molar-refractivity contribution in [3.63, 3.8) is 0 Å². The number of para-hydroxylation sites is 1. The Bertz CT molecular complexity index is 710. The van der Waals surface area contributed by atoms with Crippen molar-refractivity contribution in [2.24, 2.45) is 5.11 Å². The first-order chi connectivity index (χ1) is 10.3. The standard InChI is InChI=1S/C16H14ClN3O/c17-15-7-2-1-5-13(15)14-6-3-4-11-8-9-12(10-19-20-18)21-16(11)14/h1-7,12H,8-10H2/t12-/m1/s1. The highest BCUT2D eigenvalue weighted by atomic mass is 35.5. The van der Waals surface area contributed by atoms with Crippen molar-refractivity contribution in [3.05, 3.63) is 63.5 Å². The molecule has 2 aromatic rings. The molecule has 1 aliphatic rings. The van der Waals surface area contributed by atoms with Gasteiger partial charge in [-0.3, -0.25) is 0 Å². The summed E-state index contributed by atoms with van der Waals surface area (Å²) in [4.78, 5) is 2.80. The molecule has 1 heterocycles. The van der Waals surface area contributed by atoms with E-state index in [1.54, 1.807) is 0 Å². The Morgan fingerprint density at radius 1 is 1.19 bits per heavy atom. The average Bonchev–Trinajstić information content (AvgIpc) is 2.53. The maximum atomic E-state index is 8.45. The molecular formula is C16H14ClN3O. The van der Waals surface area contributed by atoms with Gasteiger partial charge in [-0.05, 0) is 30.0 Å². The molecule has 106 valence electrons. The minimum Gasteiger partial charge on any atom is -0.489 e. The molecule has 1 aliphatic heterocycles. The molecule has 2 aromatic carbocycles. The van der Waals surface area contributed by atoms with Gasteiger partial charge in [0, 0.05) is 21.1 Å². The lowest BCUT2D eigenvalue weighted by atomic mass is 9.95. The molecule has 0 saturated carbocycles. The Morgan fingerprint density at radius 3 is 2.81 bits per heavy atom. The van der Waals surface area contributed by atoms with Crippen LogP contribution >= 0.6 is 11.6 Å². The Labute approximate surface area is 127 Å². The fourth-order valence-corrected chi connectivity index (χ4v) is 2.85. The number of azide groups is 1. The summed E-state index contributed by atoms with van der Waals surface area (Å²) in [5.41, 5.74) is 11.6. The maximum absolute atomic E-state index is 8.45. The molecule has 0 N–H and O–H groups in total. The van der Waals surface area contributed by atoms with Crippen molar-refractivity contribution in [1.29, 1.82) is 0 Å². The molecule has 0 aromatic heterocycles. The molecule has 0 unspecified atom stereocenters. The van der Waals surface area contributed by atoms with Gasteiger partial charge in [0.1, 0.15) is 11.9 Å².